The van der Waals surface area contributed by atoms with Gasteiger partial charge < -0.3 is 19.8 Å². The minimum absolute atomic E-state index is 0.145. The number of hydrogen-bond donors (Lipinski definition) is 2. The van der Waals surface area contributed by atoms with E-state index in [0.717, 1.165) is 0 Å². The Balaban J connectivity index is 2.66. The monoisotopic (exact) mass is 245 g/mol. The van der Waals surface area contributed by atoms with Gasteiger partial charge in [-0.2, -0.15) is 0 Å². The zero-order valence-corrected chi connectivity index (χ0v) is 11.1. The molecule has 0 aromatic rings. The van der Waals surface area contributed by atoms with Crippen molar-refractivity contribution in [2.75, 3.05) is 19.7 Å². The number of amides is 1. The zero-order chi connectivity index (χ0) is 13.3. The van der Waals surface area contributed by atoms with Crippen molar-refractivity contribution in [1.82, 2.24) is 4.90 Å². The van der Waals surface area contributed by atoms with E-state index in [1.54, 1.807) is 11.8 Å². The lowest BCUT2D eigenvalue weighted by Gasteiger charge is -2.42. The number of piperidine rings is 1. The lowest BCUT2D eigenvalue weighted by atomic mass is 9.80. The molecule has 0 bridgehead atoms. The van der Waals surface area contributed by atoms with E-state index in [1.807, 2.05) is 20.8 Å². The summed E-state index contributed by atoms with van der Waals surface area (Å²) < 4.78 is 5.27. The second-order valence-electron chi connectivity index (χ2n) is 6.02. The molecule has 1 rings (SSSR count). The molecular weight excluding hydrogens is 222 g/mol. The van der Waals surface area contributed by atoms with Gasteiger partial charge in [-0.25, -0.2) is 4.79 Å². The van der Waals surface area contributed by atoms with Crippen LogP contribution in [0, 0.1) is 5.41 Å². The maximum atomic E-state index is 11.9. The Morgan fingerprint density at radius 1 is 1.53 bits per heavy atom. The first-order valence-electron chi connectivity index (χ1n) is 5.95. The third-order valence-corrected chi connectivity index (χ3v) is 3.04. The smallest absolute Gasteiger partial charge is 0.410 e. The summed E-state index contributed by atoms with van der Waals surface area (Å²) in [4.78, 5) is 13.4. The number of likely N-dealkylation sites (tertiary alicyclic amines) is 1. The van der Waals surface area contributed by atoms with Crippen LogP contribution in [0.3, 0.4) is 0 Å². The average Bonchev–Trinajstić information content (AvgIpc) is 2.19. The Morgan fingerprint density at radius 3 is 2.59 bits per heavy atom. The van der Waals surface area contributed by atoms with Crippen LogP contribution in [0.2, 0.25) is 0 Å². The van der Waals surface area contributed by atoms with Gasteiger partial charge in [0.2, 0.25) is 0 Å². The summed E-state index contributed by atoms with van der Waals surface area (Å²) in [6, 6.07) is 0. The van der Waals surface area contributed by atoms with Gasteiger partial charge in [0.25, 0.3) is 0 Å². The lowest BCUT2D eigenvalue weighted by molar-refractivity contribution is -0.0675. The molecular formula is C12H23NO4. The summed E-state index contributed by atoms with van der Waals surface area (Å²) in [6.07, 6.45) is -0.494. The first-order chi connectivity index (χ1) is 7.68. The summed E-state index contributed by atoms with van der Waals surface area (Å²) >= 11 is 0. The molecule has 100 valence electrons. The van der Waals surface area contributed by atoms with Crippen molar-refractivity contribution in [3.8, 4) is 0 Å². The summed E-state index contributed by atoms with van der Waals surface area (Å²) in [5.41, 5.74) is -1.18. The van der Waals surface area contributed by atoms with Gasteiger partial charge in [0.1, 0.15) is 5.60 Å². The van der Waals surface area contributed by atoms with Crippen molar-refractivity contribution in [2.45, 2.75) is 45.8 Å². The first kappa shape index (κ1) is 14.3. The Morgan fingerprint density at radius 2 is 2.12 bits per heavy atom. The number of carbonyl (C=O) groups is 1. The van der Waals surface area contributed by atoms with Crippen molar-refractivity contribution >= 4 is 6.09 Å². The quantitative estimate of drug-likeness (QED) is 0.722. The fourth-order valence-corrected chi connectivity index (χ4v) is 1.88. The number of aliphatic hydroxyl groups is 2. The van der Waals surface area contributed by atoms with Crippen LogP contribution in [-0.4, -0.2) is 52.6 Å². The van der Waals surface area contributed by atoms with Gasteiger partial charge in [0.05, 0.1) is 12.7 Å². The first-order valence-corrected chi connectivity index (χ1v) is 5.95. The maximum absolute atomic E-state index is 11.9. The van der Waals surface area contributed by atoms with E-state index in [9.17, 15) is 15.0 Å². The Labute approximate surface area is 102 Å². The van der Waals surface area contributed by atoms with E-state index in [4.69, 9.17) is 4.74 Å². The number of nitrogens with zero attached hydrogens (tertiary/aromatic N) is 1. The summed E-state index contributed by atoms with van der Waals surface area (Å²) in [5.74, 6) is 0. The van der Waals surface area contributed by atoms with Crippen LogP contribution in [0.25, 0.3) is 0 Å². The second-order valence-corrected chi connectivity index (χ2v) is 6.02. The van der Waals surface area contributed by atoms with Crippen molar-refractivity contribution < 1.29 is 19.7 Å². The van der Waals surface area contributed by atoms with Gasteiger partial charge in [0, 0.05) is 18.5 Å². The molecule has 5 nitrogen and oxygen atoms in total. The molecule has 2 atom stereocenters. The molecule has 1 aliphatic rings. The van der Waals surface area contributed by atoms with Gasteiger partial charge >= 0.3 is 6.09 Å². The van der Waals surface area contributed by atoms with Crippen LogP contribution < -0.4 is 0 Å². The molecule has 0 spiro atoms. The highest BCUT2D eigenvalue weighted by molar-refractivity contribution is 5.68. The van der Waals surface area contributed by atoms with Crippen LogP contribution in [0.15, 0.2) is 0 Å². The normalized spacial score (nSPS) is 30.2. The standard InChI is InChI=1S/C12H23NO4/c1-11(2,3)17-10(16)13-6-5-9(15)12(4,7-13)8-14/h9,14-15H,5-8H2,1-4H3/t9-,12+/m1/s1. The van der Waals surface area contributed by atoms with Crippen LogP contribution >= 0.6 is 0 Å². The molecule has 1 heterocycles. The fraction of sp³-hybridized carbons (Fsp3) is 0.917. The number of carbonyl (C=O) groups excluding carboxylic acids is 1. The highest BCUT2D eigenvalue weighted by atomic mass is 16.6. The molecule has 1 fully saturated rings. The number of ether oxygens (including phenoxy) is 1. The van der Waals surface area contributed by atoms with E-state index >= 15 is 0 Å². The lowest BCUT2D eigenvalue weighted by Crippen LogP contribution is -2.54. The number of aliphatic hydroxyl groups excluding tert-OH is 2. The van der Waals surface area contributed by atoms with Crippen LogP contribution in [0.4, 0.5) is 4.79 Å². The highest BCUT2D eigenvalue weighted by Gasteiger charge is 2.40. The van der Waals surface area contributed by atoms with E-state index in [-0.39, 0.29) is 12.7 Å². The molecule has 2 N–H and O–H groups in total. The van der Waals surface area contributed by atoms with Gasteiger partial charge in [-0.3, -0.25) is 0 Å². The largest absolute Gasteiger partial charge is 0.444 e. The maximum Gasteiger partial charge on any atom is 0.410 e. The van der Waals surface area contributed by atoms with E-state index in [1.165, 1.54) is 0 Å². The fourth-order valence-electron chi connectivity index (χ4n) is 1.88. The van der Waals surface area contributed by atoms with Gasteiger partial charge in [0.15, 0.2) is 0 Å². The third-order valence-electron chi connectivity index (χ3n) is 3.04. The average molecular weight is 245 g/mol. The summed E-state index contributed by atoms with van der Waals surface area (Å²) in [6.45, 7) is 7.85. The van der Waals surface area contributed by atoms with Crippen LogP contribution in [0.1, 0.15) is 34.1 Å². The van der Waals surface area contributed by atoms with Crippen molar-refractivity contribution in [2.24, 2.45) is 5.41 Å². The SMILES string of the molecule is CC(C)(C)OC(=O)N1CC[C@@H](O)[C@](C)(CO)C1. The minimum atomic E-state index is -0.658. The molecule has 0 aromatic heterocycles. The topological polar surface area (TPSA) is 70.0 Å². The van der Waals surface area contributed by atoms with Gasteiger partial charge in [-0.15, -0.1) is 0 Å². The second kappa shape index (κ2) is 4.82. The van der Waals surface area contributed by atoms with Gasteiger partial charge in [-0.1, -0.05) is 6.92 Å². The van der Waals surface area contributed by atoms with Gasteiger partial charge in [-0.05, 0) is 27.2 Å². The summed E-state index contributed by atoms with van der Waals surface area (Å²) in [5, 5.41) is 19.1. The van der Waals surface area contributed by atoms with Crippen molar-refractivity contribution in [3.05, 3.63) is 0 Å². The molecule has 0 aromatic carbocycles. The minimum Gasteiger partial charge on any atom is -0.444 e. The number of hydrogen-bond acceptors (Lipinski definition) is 4. The van der Waals surface area contributed by atoms with E-state index in [0.29, 0.717) is 19.5 Å². The molecule has 5 heteroatoms. The molecule has 0 unspecified atom stereocenters. The van der Waals surface area contributed by atoms with E-state index < -0.39 is 17.1 Å². The summed E-state index contributed by atoms with van der Waals surface area (Å²) in [7, 11) is 0. The highest BCUT2D eigenvalue weighted by Crippen LogP contribution is 2.30. The van der Waals surface area contributed by atoms with Crippen LogP contribution in [0.5, 0.6) is 0 Å². The molecule has 17 heavy (non-hydrogen) atoms. The molecule has 0 saturated carbocycles. The van der Waals surface area contributed by atoms with E-state index in [2.05, 4.69) is 0 Å². The van der Waals surface area contributed by atoms with Crippen molar-refractivity contribution in [3.63, 3.8) is 0 Å². The molecule has 1 saturated heterocycles. The predicted octanol–water partition coefficient (Wildman–Crippen LogP) is 0.987. The Bertz CT molecular complexity index is 287. The molecule has 1 amide bonds. The third kappa shape index (κ3) is 3.57. The predicted molar refractivity (Wildman–Crippen MR) is 63.6 cm³/mol. The molecule has 0 radical (unpaired) electrons. The van der Waals surface area contributed by atoms with Crippen molar-refractivity contribution in [1.29, 1.82) is 0 Å². The zero-order valence-electron chi connectivity index (χ0n) is 11.1. The Kier molecular flexibility index (Phi) is 4.04. The Hall–Kier alpha value is -0.810. The number of rotatable bonds is 1. The molecule has 1 aliphatic heterocycles. The molecule has 0 aliphatic carbocycles. The van der Waals surface area contributed by atoms with Crippen LogP contribution in [-0.2, 0) is 4.74 Å².